The molecule has 16 heavy (non-hydrogen) atoms. The van der Waals surface area contributed by atoms with E-state index in [1.54, 1.807) is 0 Å². The van der Waals surface area contributed by atoms with Crippen LogP contribution in [0.5, 0.6) is 0 Å². The largest absolute Gasteiger partial charge is 0.369 e. The molecule has 0 amide bonds. The Kier molecular flexibility index (Phi) is 3.72. The van der Waals surface area contributed by atoms with E-state index in [9.17, 15) is 0 Å². The topological polar surface area (TPSA) is 6.48 Å². The Hall–Kier alpha value is -0.730. The van der Waals surface area contributed by atoms with Crippen LogP contribution in [0.25, 0.3) is 0 Å². The van der Waals surface area contributed by atoms with Crippen molar-refractivity contribution in [2.45, 2.75) is 13.3 Å². The second-order valence-corrected chi connectivity index (χ2v) is 4.83. The maximum Gasteiger partial charge on any atom is 0.0458 e. The molecule has 0 spiro atoms. The lowest BCUT2D eigenvalue weighted by Gasteiger charge is -2.34. The number of halogens is 1. The van der Waals surface area contributed by atoms with Gasteiger partial charge in [-0.25, -0.2) is 0 Å². The second-order valence-electron chi connectivity index (χ2n) is 4.42. The Balaban J connectivity index is 2.12. The van der Waals surface area contributed by atoms with E-state index in [2.05, 4.69) is 42.0 Å². The molecular formula is C13H19ClN2. The van der Waals surface area contributed by atoms with Crippen LogP contribution in [0.1, 0.15) is 12.5 Å². The zero-order valence-corrected chi connectivity index (χ0v) is 10.8. The Bertz CT molecular complexity index is 357. The molecule has 1 aromatic carbocycles. The maximum absolute atomic E-state index is 6.24. The van der Waals surface area contributed by atoms with Gasteiger partial charge in [0.1, 0.15) is 0 Å². The van der Waals surface area contributed by atoms with E-state index >= 15 is 0 Å². The predicted octanol–water partition coefficient (Wildman–Crippen LogP) is 2.65. The zero-order chi connectivity index (χ0) is 11.5. The quantitative estimate of drug-likeness (QED) is 0.782. The standard InChI is InChI=1S/C13H19ClN2/c1-3-11-4-5-12(10-13(11)14)16-8-6-15(2)7-9-16/h4-5,10H,3,6-9H2,1-2H3. The highest BCUT2D eigenvalue weighted by molar-refractivity contribution is 6.31. The summed E-state index contributed by atoms with van der Waals surface area (Å²) >= 11 is 6.24. The van der Waals surface area contributed by atoms with Crippen molar-refractivity contribution >= 4 is 17.3 Å². The Morgan fingerprint density at radius 1 is 1.19 bits per heavy atom. The summed E-state index contributed by atoms with van der Waals surface area (Å²) in [4.78, 5) is 4.77. The monoisotopic (exact) mass is 238 g/mol. The van der Waals surface area contributed by atoms with Crippen LogP contribution in [-0.2, 0) is 6.42 Å². The molecular weight excluding hydrogens is 220 g/mol. The Morgan fingerprint density at radius 3 is 2.44 bits per heavy atom. The number of likely N-dealkylation sites (N-methyl/N-ethyl adjacent to an activating group) is 1. The number of aryl methyl sites for hydroxylation is 1. The predicted molar refractivity (Wildman–Crippen MR) is 70.5 cm³/mol. The van der Waals surface area contributed by atoms with Gasteiger partial charge in [-0.2, -0.15) is 0 Å². The highest BCUT2D eigenvalue weighted by Gasteiger charge is 2.14. The van der Waals surface area contributed by atoms with Crippen molar-refractivity contribution in [2.24, 2.45) is 0 Å². The van der Waals surface area contributed by atoms with Crippen molar-refractivity contribution in [3.05, 3.63) is 28.8 Å². The van der Waals surface area contributed by atoms with E-state index in [1.807, 2.05) is 0 Å². The summed E-state index contributed by atoms with van der Waals surface area (Å²) in [6.07, 6.45) is 1.00. The summed E-state index contributed by atoms with van der Waals surface area (Å²) in [5, 5.41) is 0.902. The molecule has 3 heteroatoms. The molecule has 1 fully saturated rings. The number of rotatable bonds is 2. The number of hydrogen-bond donors (Lipinski definition) is 0. The van der Waals surface area contributed by atoms with Crippen LogP contribution in [0.4, 0.5) is 5.69 Å². The molecule has 0 unspecified atom stereocenters. The van der Waals surface area contributed by atoms with Crippen molar-refractivity contribution in [2.75, 3.05) is 38.1 Å². The van der Waals surface area contributed by atoms with Crippen molar-refractivity contribution in [3.63, 3.8) is 0 Å². The molecule has 2 rings (SSSR count). The van der Waals surface area contributed by atoms with Crippen LogP contribution >= 0.6 is 11.6 Å². The molecule has 0 bridgehead atoms. The third-order valence-electron chi connectivity index (χ3n) is 3.29. The van der Waals surface area contributed by atoms with Gasteiger partial charge in [0, 0.05) is 36.9 Å². The molecule has 1 aromatic rings. The molecule has 0 aliphatic carbocycles. The third-order valence-corrected chi connectivity index (χ3v) is 3.64. The number of anilines is 1. The number of benzene rings is 1. The van der Waals surface area contributed by atoms with Crippen LogP contribution in [-0.4, -0.2) is 38.1 Å². The first-order valence-corrected chi connectivity index (χ1v) is 6.30. The highest BCUT2D eigenvalue weighted by Crippen LogP contribution is 2.24. The molecule has 1 aliphatic heterocycles. The van der Waals surface area contributed by atoms with Gasteiger partial charge in [-0.3, -0.25) is 0 Å². The summed E-state index contributed by atoms with van der Waals surface area (Å²) in [6.45, 7) is 6.59. The van der Waals surface area contributed by atoms with Crippen LogP contribution in [0.2, 0.25) is 5.02 Å². The van der Waals surface area contributed by atoms with Crippen LogP contribution in [0, 0.1) is 0 Å². The van der Waals surface area contributed by atoms with Gasteiger partial charge in [0.15, 0.2) is 0 Å². The van der Waals surface area contributed by atoms with Gasteiger partial charge < -0.3 is 9.80 Å². The van der Waals surface area contributed by atoms with Crippen LogP contribution in [0.3, 0.4) is 0 Å². The average molecular weight is 239 g/mol. The van der Waals surface area contributed by atoms with E-state index < -0.39 is 0 Å². The molecule has 1 heterocycles. The summed E-state index contributed by atoms with van der Waals surface area (Å²) in [6, 6.07) is 6.44. The van der Waals surface area contributed by atoms with Gasteiger partial charge in [-0.05, 0) is 31.2 Å². The first kappa shape index (κ1) is 11.7. The van der Waals surface area contributed by atoms with Gasteiger partial charge in [0.2, 0.25) is 0 Å². The van der Waals surface area contributed by atoms with Crippen molar-refractivity contribution in [3.8, 4) is 0 Å². The normalized spacial score (nSPS) is 17.8. The van der Waals surface area contributed by atoms with E-state index in [0.29, 0.717) is 0 Å². The fourth-order valence-corrected chi connectivity index (χ4v) is 2.39. The van der Waals surface area contributed by atoms with Gasteiger partial charge in [0.05, 0.1) is 0 Å². The Labute approximate surface area is 103 Å². The summed E-state index contributed by atoms with van der Waals surface area (Å²) in [7, 11) is 2.17. The smallest absolute Gasteiger partial charge is 0.0458 e. The molecule has 1 aliphatic rings. The summed E-state index contributed by atoms with van der Waals surface area (Å²) < 4.78 is 0. The average Bonchev–Trinajstić information content (AvgIpc) is 2.30. The SMILES string of the molecule is CCc1ccc(N2CCN(C)CC2)cc1Cl. The van der Waals surface area contributed by atoms with Gasteiger partial charge in [-0.15, -0.1) is 0 Å². The maximum atomic E-state index is 6.24. The third kappa shape index (κ3) is 2.50. The molecule has 0 N–H and O–H groups in total. The lowest BCUT2D eigenvalue weighted by Crippen LogP contribution is -2.44. The van der Waals surface area contributed by atoms with Crippen LogP contribution in [0.15, 0.2) is 18.2 Å². The fourth-order valence-electron chi connectivity index (χ4n) is 2.08. The van der Waals surface area contributed by atoms with E-state index in [4.69, 9.17) is 11.6 Å². The van der Waals surface area contributed by atoms with Gasteiger partial charge in [-0.1, -0.05) is 24.6 Å². The number of piperazine rings is 1. The molecule has 0 radical (unpaired) electrons. The molecule has 0 saturated carbocycles. The van der Waals surface area contributed by atoms with E-state index in [0.717, 1.165) is 37.6 Å². The molecule has 1 saturated heterocycles. The van der Waals surface area contributed by atoms with Crippen molar-refractivity contribution in [1.82, 2.24) is 4.90 Å². The first-order chi connectivity index (χ1) is 7.70. The van der Waals surface area contributed by atoms with Gasteiger partial charge >= 0.3 is 0 Å². The van der Waals surface area contributed by atoms with E-state index in [-0.39, 0.29) is 0 Å². The molecule has 0 aromatic heterocycles. The second kappa shape index (κ2) is 5.07. The van der Waals surface area contributed by atoms with Crippen LogP contribution < -0.4 is 4.90 Å². The zero-order valence-electron chi connectivity index (χ0n) is 10.0. The minimum Gasteiger partial charge on any atom is -0.369 e. The molecule has 2 nitrogen and oxygen atoms in total. The fraction of sp³-hybridized carbons (Fsp3) is 0.538. The molecule has 0 atom stereocenters. The number of nitrogens with zero attached hydrogens (tertiary/aromatic N) is 2. The number of hydrogen-bond acceptors (Lipinski definition) is 2. The lowest BCUT2D eigenvalue weighted by atomic mass is 10.1. The van der Waals surface area contributed by atoms with Gasteiger partial charge in [0.25, 0.3) is 0 Å². The molecule has 88 valence electrons. The highest BCUT2D eigenvalue weighted by atomic mass is 35.5. The Morgan fingerprint density at radius 2 is 1.88 bits per heavy atom. The van der Waals surface area contributed by atoms with E-state index in [1.165, 1.54) is 11.3 Å². The summed E-state index contributed by atoms with van der Waals surface area (Å²) in [5.41, 5.74) is 2.50. The van der Waals surface area contributed by atoms with Crippen molar-refractivity contribution in [1.29, 1.82) is 0 Å². The lowest BCUT2D eigenvalue weighted by molar-refractivity contribution is 0.313. The van der Waals surface area contributed by atoms with Crippen molar-refractivity contribution < 1.29 is 0 Å². The summed E-state index contributed by atoms with van der Waals surface area (Å²) in [5.74, 6) is 0. The first-order valence-electron chi connectivity index (χ1n) is 5.92. The minimum absolute atomic E-state index is 0.902. The minimum atomic E-state index is 0.902.